The summed E-state index contributed by atoms with van der Waals surface area (Å²) in [5, 5.41) is 5.51. The molecule has 1 N–H and O–H groups in total. The molecule has 0 unspecified atom stereocenters. The highest BCUT2D eigenvalue weighted by molar-refractivity contribution is 5.86. The highest BCUT2D eigenvalue weighted by atomic mass is 16.5. The standard InChI is InChI=1S/C25H28N2O2.CH4/c1-29-23-12-11-21-15-19(9-10-22(21)17-23)16-25(28)26-24(18-27-13-5-6-14-27)20-7-3-2-4-8-20;/h2-4,7-12,15,17,24H,5-6,13-14,16,18H2,1H3,(H,26,28);1H4/t24-;/m1./s1. The Labute approximate surface area is 179 Å². The number of hydrogen-bond donors (Lipinski definition) is 1. The highest BCUT2D eigenvalue weighted by Crippen LogP contribution is 2.22. The van der Waals surface area contributed by atoms with Crippen molar-refractivity contribution in [2.75, 3.05) is 26.7 Å². The Morgan fingerprint density at radius 2 is 1.70 bits per heavy atom. The summed E-state index contributed by atoms with van der Waals surface area (Å²) in [4.78, 5) is 15.3. The third kappa shape index (κ3) is 5.39. The predicted octanol–water partition coefficient (Wildman–Crippen LogP) is 4.98. The first-order valence-corrected chi connectivity index (χ1v) is 10.3. The molecule has 1 aliphatic heterocycles. The zero-order valence-corrected chi connectivity index (χ0v) is 16.9. The summed E-state index contributed by atoms with van der Waals surface area (Å²) in [6.45, 7) is 3.11. The number of ether oxygens (including phenoxy) is 1. The summed E-state index contributed by atoms with van der Waals surface area (Å²) in [5.41, 5.74) is 2.19. The van der Waals surface area contributed by atoms with Crippen molar-refractivity contribution >= 4 is 16.7 Å². The Bertz CT molecular complexity index is 965. The lowest BCUT2D eigenvalue weighted by Gasteiger charge is -2.25. The van der Waals surface area contributed by atoms with Gasteiger partial charge in [0.1, 0.15) is 5.75 Å². The maximum absolute atomic E-state index is 12.9. The fourth-order valence-corrected chi connectivity index (χ4v) is 4.08. The van der Waals surface area contributed by atoms with Crippen molar-refractivity contribution in [3.8, 4) is 5.75 Å². The van der Waals surface area contributed by atoms with Gasteiger partial charge in [-0.1, -0.05) is 62.0 Å². The van der Waals surface area contributed by atoms with E-state index in [4.69, 9.17) is 4.74 Å². The number of carbonyl (C=O) groups excluding carboxylic acids is 1. The van der Waals surface area contributed by atoms with Gasteiger partial charge in [0.15, 0.2) is 0 Å². The van der Waals surface area contributed by atoms with Crippen LogP contribution in [0, 0.1) is 0 Å². The van der Waals surface area contributed by atoms with Crippen molar-refractivity contribution in [2.24, 2.45) is 0 Å². The van der Waals surface area contributed by atoms with Crippen LogP contribution in [0.4, 0.5) is 0 Å². The molecule has 30 heavy (non-hydrogen) atoms. The normalized spacial score (nSPS) is 14.8. The number of nitrogens with zero attached hydrogens (tertiary/aromatic N) is 1. The number of benzene rings is 3. The maximum atomic E-state index is 12.9. The molecule has 1 saturated heterocycles. The first-order chi connectivity index (χ1) is 14.2. The second kappa shape index (κ2) is 10.3. The number of carbonyl (C=O) groups is 1. The van der Waals surface area contributed by atoms with E-state index in [9.17, 15) is 4.79 Å². The molecule has 4 nitrogen and oxygen atoms in total. The molecule has 3 aromatic rings. The van der Waals surface area contributed by atoms with Crippen LogP contribution >= 0.6 is 0 Å². The maximum Gasteiger partial charge on any atom is 0.224 e. The quantitative estimate of drug-likeness (QED) is 0.604. The summed E-state index contributed by atoms with van der Waals surface area (Å²) >= 11 is 0. The SMILES string of the molecule is C.COc1ccc2cc(CC(=O)N[C@H](CN3CCCC3)c3ccccc3)ccc2c1. The third-order valence-corrected chi connectivity index (χ3v) is 5.65. The van der Waals surface area contributed by atoms with Crippen LogP contribution in [-0.2, 0) is 11.2 Å². The second-order valence-electron chi connectivity index (χ2n) is 7.76. The Morgan fingerprint density at radius 3 is 2.43 bits per heavy atom. The van der Waals surface area contributed by atoms with E-state index >= 15 is 0 Å². The smallest absolute Gasteiger partial charge is 0.224 e. The molecule has 4 rings (SSSR count). The van der Waals surface area contributed by atoms with Gasteiger partial charge in [-0.2, -0.15) is 0 Å². The Morgan fingerprint density at radius 1 is 1.00 bits per heavy atom. The lowest BCUT2D eigenvalue weighted by Crippen LogP contribution is -2.37. The minimum atomic E-state index is 0. The number of amides is 1. The summed E-state index contributed by atoms with van der Waals surface area (Å²) in [5.74, 6) is 0.904. The van der Waals surface area contributed by atoms with Gasteiger partial charge >= 0.3 is 0 Å². The fourth-order valence-electron chi connectivity index (χ4n) is 4.08. The van der Waals surface area contributed by atoms with E-state index in [2.05, 4.69) is 34.5 Å². The van der Waals surface area contributed by atoms with Crippen molar-refractivity contribution in [3.63, 3.8) is 0 Å². The van der Waals surface area contributed by atoms with E-state index in [1.165, 1.54) is 18.4 Å². The van der Waals surface area contributed by atoms with Gasteiger partial charge in [-0.15, -0.1) is 0 Å². The van der Waals surface area contributed by atoms with Crippen LogP contribution in [-0.4, -0.2) is 37.6 Å². The molecule has 4 heteroatoms. The molecule has 0 aromatic heterocycles. The number of rotatable bonds is 7. The first-order valence-electron chi connectivity index (χ1n) is 10.3. The van der Waals surface area contributed by atoms with Crippen LogP contribution in [0.25, 0.3) is 10.8 Å². The molecule has 0 aliphatic carbocycles. The number of nitrogens with one attached hydrogen (secondary N) is 1. The first kappa shape index (κ1) is 21.8. The van der Waals surface area contributed by atoms with E-state index in [0.717, 1.165) is 41.7 Å². The monoisotopic (exact) mass is 404 g/mol. The average Bonchev–Trinajstić information content (AvgIpc) is 3.26. The van der Waals surface area contributed by atoms with Crippen LogP contribution < -0.4 is 10.1 Å². The van der Waals surface area contributed by atoms with Gasteiger partial charge in [0.05, 0.1) is 19.6 Å². The summed E-state index contributed by atoms with van der Waals surface area (Å²) in [6, 6.07) is 22.5. The molecule has 1 heterocycles. The number of fused-ring (bicyclic) bond motifs is 1. The number of hydrogen-bond acceptors (Lipinski definition) is 3. The van der Waals surface area contributed by atoms with Gasteiger partial charge < -0.3 is 15.0 Å². The Balaban J connectivity index is 0.00000256. The number of likely N-dealkylation sites (tertiary alicyclic amines) is 1. The van der Waals surface area contributed by atoms with Crippen molar-refractivity contribution in [1.29, 1.82) is 0 Å². The van der Waals surface area contributed by atoms with Crippen molar-refractivity contribution in [1.82, 2.24) is 10.2 Å². The molecule has 158 valence electrons. The summed E-state index contributed by atoms with van der Waals surface area (Å²) in [7, 11) is 1.67. The molecule has 1 aliphatic rings. The molecule has 1 atom stereocenters. The van der Waals surface area contributed by atoms with E-state index in [1.54, 1.807) is 7.11 Å². The Hall–Kier alpha value is -2.85. The predicted molar refractivity (Wildman–Crippen MR) is 124 cm³/mol. The minimum absolute atomic E-state index is 0. The topological polar surface area (TPSA) is 41.6 Å². The second-order valence-corrected chi connectivity index (χ2v) is 7.76. The number of methoxy groups -OCH3 is 1. The van der Waals surface area contributed by atoms with E-state index in [-0.39, 0.29) is 19.4 Å². The molecule has 0 spiro atoms. The molecule has 0 bridgehead atoms. The van der Waals surface area contributed by atoms with Gasteiger partial charge in [-0.25, -0.2) is 0 Å². The molecule has 1 amide bonds. The molecule has 1 fully saturated rings. The van der Waals surface area contributed by atoms with Crippen molar-refractivity contribution < 1.29 is 9.53 Å². The van der Waals surface area contributed by atoms with Gasteiger partial charge in [-0.05, 0) is 60.0 Å². The highest BCUT2D eigenvalue weighted by Gasteiger charge is 2.20. The zero-order valence-electron chi connectivity index (χ0n) is 16.9. The molecule has 0 radical (unpaired) electrons. The van der Waals surface area contributed by atoms with Crippen LogP contribution in [0.3, 0.4) is 0 Å². The van der Waals surface area contributed by atoms with Crippen molar-refractivity contribution in [2.45, 2.75) is 32.7 Å². The largest absolute Gasteiger partial charge is 0.497 e. The average molecular weight is 405 g/mol. The van der Waals surface area contributed by atoms with Gasteiger partial charge in [0.2, 0.25) is 5.91 Å². The summed E-state index contributed by atoms with van der Waals surface area (Å²) < 4.78 is 5.29. The lowest BCUT2D eigenvalue weighted by molar-refractivity contribution is -0.121. The Kier molecular flexibility index (Phi) is 7.47. The van der Waals surface area contributed by atoms with Crippen LogP contribution in [0.1, 0.15) is 37.4 Å². The molecular formula is C26H32N2O2. The third-order valence-electron chi connectivity index (χ3n) is 5.65. The zero-order chi connectivity index (χ0) is 20.1. The molecule has 0 saturated carbocycles. The van der Waals surface area contributed by atoms with Gasteiger partial charge in [0.25, 0.3) is 0 Å². The molecule has 3 aromatic carbocycles. The minimum Gasteiger partial charge on any atom is -0.497 e. The molecular weight excluding hydrogens is 372 g/mol. The van der Waals surface area contributed by atoms with Crippen LogP contribution in [0.2, 0.25) is 0 Å². The lowest BCUT2D eigenvalue weighted by atomic mass is 10.0. The van der Waals surface area contributed by atoms with Gasteiger partial charge in [0, 0.05) is 6.54 Å². The van der Waals surface area contributed by atoms with Gasteiger partial charge in [-0.3, -0.25) is 4.79 Å². The summed E-state index contributed by atoms with van der Waals surface area (Å²) in [6.07, 6.45) is 2.87. The van der Waals surface area contributed by atoms with Crippen molar-refractivity contribution in [3.05, 3.63) is 77.9 Å². The van der Waals surface area contributed by atoms with E-state index < -0.39 is 0 Å². The van der Waals surface area contributed by atoms with Crippen LogP contribution in [0.15, 0.2) is 66.7 Å². The van der Waals surface area contributed by atoms with Crippen LogP contribution in [0.5, 0.6) is 5.75 Å². The van der Waals surface area contributed by atoms with E-state index in [0.29, 0.717) is 6.42 Å². The van der Waals surface area contributed by atoms with E-state index in [1.807, 2.05) is 42.5 Å². The fraction of sp³-hybridized carbons (Fsp3) is 0.346.